The molecule has 0 saturated carbocycles. The number of rotatable bonds is 6. The van der Waals surface area contributed by atoms with Crippen LogP contribution in [0.2, 0.25) is 0 Å². The number of carboxylic acid groups (broad SMARTS) is 1. The van der Waals surface area contributed by atoms with Gasteiger partial charge in [0.25, 0.3) is 5.91 Å². The first-order valence-corrected chi connectivity index (χ1v) is 5.24. The minimum Gasteiger partial charge on any atom is -0.480 e. The van der Waals surface area contributed by atoms with Crippen LogP contribution in [-0.2, 0) is 9.59 Å². The zero-order chi connectivity index (χ0) is 13.7. The van der Waals surface area contributed by atoms with Gasteiger partial charge in [0.15, 0.2) is 0 Å². The zero-order valence-electron chi connectivity index (χ0n) is 9.77. The maximum atomic E-state index is 11.6. The lowest BCUT2D eigenvalue weighted by Crippen LogP contribution is -2.41. The van der Waals surface area contributed by atoms with Crippen LogP contribution < -0.4 is 11.1 Å². The number of hydrogen-bond acceptors (Lipinski definition) is 4. The molecule has 0 aromatic carbocycles. The Morgan fingerprint density at radius 2 is 2.22 bits per heavy atom. The van der Waals surface area contributed by atoms with Gasteiger partial charge in [0, 0.05) is 12.1 Å². The summed E-state index contributed by atoms with van der Waals surface area (Å²) in [6.07, 6.45) is -0.170. The molecular formula is C10H14N4O4. The lowest BCUT2D eigenvalue weighted by Gasteiger charge is -2.12. The first-order chi connectivity index (χ1) is 8.40. The van der Waals surface area contributed by atoms with E-state index >= 15 is 0 Å². The second-order valence-corrected chi connectivity index (χ2v) is 3.81. The number of aromatic nitrogens is 2. The first kappa shape index (κ1) is 13.7. The Labute approximate surface area is 103 Å². The van der Waals surface area contributed by atoms with Crippen LogP contribution in [0.25, 0.3) is 0 Å². The number of H-pyrrole nitrogens is 1. The monoisotopic (exact) mass is 254 g/mol. The topological polar surface area (TPSA) is 138 Å². The van der Waals surface area contributed by atoms with E-state index in [2.05, 4.69) is 15.5 Å². The molecule has 5 N–H and O–H groups in total. The van der Waals surface area contributed by atoms with Crippen LogP contribution in [-0.4, -0.2) is 39.1 Å². The highest BCUT2D eigenvalue weighted by molar-refractivity contribution is 5.95. The number of primary amides is 1. The Kier molecular flexibility index (Phi) is 4.41. The van der Waals surface area contributed by atoms with Crippen molar-refractivity contribution in [2.75, 3.05) is 0 Å². The smallest absolute Gasteiger partial charge is 0.326 e. The zero-order valence-corrected chi connectivity index (χ0v) is 9.77. The Morgan fingerprint density at radius 1 is 1.56 bits per heavy atom. The van der Waals surface area contributed by atoms with Crippen molar-refractivity contribution in [1.82, 2.24) is 15.5 Å². The number of nitrogens with two attached hydrogens (primary N) is 1. The largest absolute Gasteiger partial charge is 0.480 e. The standard InChI is InChI=1S/C10H14N4O4/c1-5-4-7(14-13-5)9(16)12-6(10(17)18)2-3-8(11)15/h4,6H,2-3H2,1H3,(H2,11,15)(H,12,16)(H,13,14)(H,17,18)/t6-/m1/s1. The highest BCUT2D eigenvalue weighted by atomic mass is 16.4. The second kappa shape index (κ2) is 5.80. The van der Waals surface area contributed by atoms with Crippen LogP contribution in [0.1, 0.15) is 29.0 Å². The van der Waals surface area contributed by atoms with Crippen LogP contribution in [0.3, 0.4) is 0 Å². The number of aromatic amines is 1. The summed E-state index contributed by atoms with van der Waals surface area (Å²) in [5, 5.41) is 17.4. The molecule has 18 heavy (non-hydrogen) atoms. The van der Waals surface area contributed by atoms with E-state index in [0.29, 0.717) is 5.69 Å². The van der Waals surface area contributed by atoms with E-state index in [4.69, 9.17) is 10.8 Å². The molecular weight excluding hydrogens is 240 g/mol. The molecule has 0 fully saturated rings. The molecule has 0 unspecified atom stereocenters. The molecule has 1 aromatic rings. The Hall–Kier alpha value is -2.38. The fraction of sp³-hybridized carbons (Fsp3) is 0.400. The van der Waals surface area contributed by atoms with Crippen molar-refractivity contribution >= 4 is 17.8 Å². The van der Waals surface area contributed by atoms with Gasteiger partial charge in [-0.15, -0.1) is 0 Å². The quantitative estimate of drug-likeness (QED) is 0.524. The fourth-order valence-corrected chi connectivity index (χ4v) is 1.31. The fourth-order valence-electron chi connectivity index (χ4n) is 1.31. The molecule has 8 heteroatoms. The maximum absolute atomic E-state index is 11.6. The van der Waals surface area contributed by atoms with Gasteiger partial charge in [0.2, 0.25) is 5.91 Å². The lowest BCUT2D eigenvalue weighted by atomic mass is 10.1. The van der Waals surface area contributed by atoms with Crippen molar-refractivity contribution in [3.8, 4) is 0 Å². The van der Waals surface area contributed by atoms with Crippen molar-refractivity contribution in [3.63, 3.8) is 0 Å². The molecule has 0 aliphatic rings. The van der Waals surface area contributed by atoms with E-state index in [0.717, 1.165) is 0 Å². The summed E-state index contributed by atoms with van der Waals surface area (Å²) in [6, 6.07) is 0.324. The van der Waals surface area contributed by atoms with Crippen molar-refractivity contribution in [3.05, 3.63) is 17.5 Å². The van der Waals surface area contributed by atoms with Crippen molar-refractivity contribution in [2.45, 2.75) is 25.8 Å². The third kappa shape index (κ3) is 3.89. The molecule has 1 rings (SSSR count). The minimum atomic E-state index is -1.23. The van der Waals surface area contributed by atoms with Crippen LogP contribution in [0.5, 0.6) is 0 Å². The number of carboxylic acids is 1. The van der Waals surface area contributed by atoms with Gasteiger partial charge in [-0.2, -0.15) is 5.10 Å². The van der Waals surface area contributed by atoms with Gasteiger partial charge >= 0.3 is 5.97 Å². The molecule has 1 heterocycles. The number of aryl methyl sites for hydroxylation is 1. The van der Waals surface area contributed by atoms with Gasteiger partial charge in [-0.05, 0) is 19.4 Å². The van der Waals surface area contributed by atoms with Gasteiger partial charge in [0.1, 0.15) is 11.7 Å². The van der Waals surface area contributed by atoms with Crippen molar-refractivity contribution in [2.24, 2.45) is 5.73 Å². The van der Waals surface area contributed by atoms with E-state index in [1.54, 1.807) is 6.92 Å². The van der Waals surface area contributed by atoms with Crippen molar-refractivity contribution < 1.29 is 19.5 Å². The minimum absolute atomic E-state index is 0.0557. The molecule has 2 amide bonds. The molecule has 0 aliphatic heterocycles. The van der Waals surface area contributed by atoms with E-state index in [-0.39, 0.29) is 18.5 Å². The number of nitrogens with one attached hydrogen (secondary N) is 2. The van der Waals surface area contributed by atoms with Gasteiger partial charge in [-0.1, -0.05) is 0 Å². The van der Waals surface area contributed by atoms with Crippen LogP contribution >= 0.6 is 0 Å². The molecule has 0 spiro atoms. The summed E-state index contributed by atoms with van der Waals surface area (Å²) in [7, 11) is 0. The number of nitrogens with zero attached hydrogens (tertiary/aromatic N) is 1. The summed E-state index contributed by atoms with van der Waals surface area (Å²) < 4.78 is 0. The van der Waals surface area contributed by atoms with E-state index in [9.17, 15) is 14.4 Å². The predicted molar refractivity (Wildman–Crippen MR) is 60.6 cm³/mol. The number of aliphatic carboxylic acids is 1. The number of hydrogen-bond donors (Lipinski definition) is 4. The third-order valence-electron chi connectivity index (χ3n) is 2.22. The molecule has 8 nitrogen and oxygen atoms in total. The molecule has 0 radical (unpaired) electrons. The van der Waals surface area contributed by atoms with E-state index < -0.39 is 23.8 Å². The third-order valence-corrected chi connectivity index (χ3v) is 2.22. The highest BCUT2D eigenvalue weighted by Gasteiger charge is 2.22. The summed E-state index contributed by atoms with van der Waals surface area (Å²) >= 11 is 0. The molecule has 0 aliphatic carbocycles. The average molecular weight is 254 g/mol. The van der Waals surface area contributed by atoms with E-state index in [1.807, 2.05) is 0 Å². The Balaban J connectivity index is 2.63. The van der Waals surface area contributed by atoms with Gasteiger partial charge in [-0.3, -0.25) is 14.7 Å². The number of carbonyl (C=O) groups excluding carboxylic acids is 2. The normalized spacial score (nSPS) is 11.8. The summed E-state index contributed by atoms with van der Waals surface area (Å²) in [6.45, 7) is 1.71. The predicted octanol–water partition coefficient (Wildman–Crippen LogP) is -0.833. The second-order valence-electron chi connectivity index (χ2n) is 3.81. The summed E-state index contributed by atoms with van der Waals surface area (Å²) in [5.41, 5.74) is 5.70. The number of carbonyl (C=O) groups is 3. The number of amides is 2. The molecule has 0 saturated heterocycles. The Bertz CT molecular complexity index is 468. The SMILES string of the molecule is Cc1cc(C(=O)N[C@H](CCC(N)=O)C(=O)O)n[nH]1. The highest BCUT2D eigenvalue weighted by Crippen LogP contribution is 2.02. The van der Waals surface area contributed by atoms with Crippen LogP contribution in [0.4, 0.5) is 0 Å². The van der Waals surface area contributed by atoms with Gasteiger partial charge in [-0.25, -0.2) is 4.79 Å². The Morgan fingerprint density at radius 3 is 2.67 bits per heavy atom. The average Bonchev–Trinajstić information content (AvgIpc) is 2.70. The molecule has 0 bridgehead atoms. The maximum Gasteiger partial charge on any atom is 0.326 e. The van der Waals surface area contributed by atoms with E-state index in [1.165, 1.54) is 6.07 Å². The van der Waals surface area contributed by atoms with Crippen LogP contribution in [0, 0.1) is 6.92 Å². The van der Waals surface area contributed by atoms with Crippen molar-refractivity contribution in [1.29, 1.82) is 0 Å². The van der Waals surface area contributed by atoms with Gasteiger partial charge in [0.05, 0.1) is 0 Å². The van der Waals surface area contributed by atoms with Crippen LogP contribution in [0.15, 0.2) is 6.07 Å². The lowest BCUT2D eigenvalue weighted by molar-refractivity contribution is -0.139. The summed E-state index contributed by atoms with van der Waals surface area (Å²) in [5.74, 6) is -2.46. The summed E-state index contributed by atoms with van der Waals surface area (Å²) in [4.78, 5) is 33.1. The first-order valence-electron chi connectivity index (χ1n) is 5.24. The molecule has 98 valence electrons. The molecule has 1 aromatic heterocycles. The van der Waals surface area contributed by atoms with Gasteiger partial charge < -0.3 is 16.2 Å². The molecule has 1 atom stereocenters.